The Labute approximate surface area is 236 Å². The van der Waals surface area contributed by atoms with E-state index >= 15 is 0 Å². The number of hydrogen-bond acceptors (Lipinski definition) is 8. The Hall–Kier alpha value is -3.76. The van der Waals surface area contributed by atoms with E-state index < -0.39 is 12.0 Å². The predicted molar refractivity (Wildman–Crippen MR) is 151 cm³/mol. The second kappa shape index (κ2) is 13.1. The first kappa shape index (κ1) is 29.2. The van der Waals surface area contributed by atoms with Gasteiger partial charge < -0.3 is 18.9 Å². The molecule has 0 N–H and O–H groups in total. The molecule has 0 radical (unpaired) electrons. The van der Waals surface area contributed by atoms with E-state index in [1.807, 2.05) is 6.07 Å². The second-order valence-corrected chi connectivity index (χ2v) is 10.7. The first-order valence-corrected chi connectivity index (χ1v) is 13.8. The van der Waals surface area contributed by atoms with Gasteiger partial charge in [0.25, 0.3) is 5.56 Å². The SMILES string of the molecule is COCCOC(=O)C1=C(C)N=c2s/c(=C\c3ccc(F)cc3)c(=O)n2C1c1ccc(OCCC(C)C)c(OC)c1. The van der Waals surface area contributed by atoms with Crippen LogP contribution in [0.3, 0.4) is 0 Å². The summed E-state index contributed by atoms with van der Waals surface area (Å²) in [5.74, 6) is 0.585. The van der Waals surface area contributed by atoms with Gasteiger partial charge in [-0.3, -0.25) is 9.36 Å². The molecule has 0 spiro atoms. The number of allylic oxidation sites excluding steroid dienone is 1. The molecule has 1 aromatic heterocycles. The minimum Gasteiger partial charge on any atom is -0.493 e. The molecule has 2 aromatic carbocycles. The molecule has 1 aliphatic rings. The van der Waals surface area contributed by atoms with Gasteiger partial charge in [-0.1, -0.05) is 43.4 Å². The van der Waals surface area contributed by atoms with Gasteiger partial charge in [0.1, 0.15) is 12.4 Å². The van der Waals surface area contributed by atoms with Crippen LogP contribution in [0.4, 0.5) is 4.39 Å². The van der Waals surface area contributed by atoms with Gasteiger partial charge in [-0.25, -0.2) is 14.2 Å². The summed E-state index contributed by atoms with van der Waals surface area (Å²) >= 11 is 1.20. The van der Waals surface area contributed by atoms with Crippen molar-refractivity contribution in [1.29, 1.82) is 0 Å². The zero-order valence-electron chi connectivity index (χ0n) is 23.2. The molecule has 0 saturated heterocycles. The van der Waals surface area contributed by atoms with Crippen LogP contribution in [0.2, 0.25) is 0 Å². The van der Waals surface area contributed by atoms with E-state index in [4.69, 9.17) is 18.9 Å². The van der Waals surface area contributed by atoms with Crippen LogP contribution in [0.25, 0.3) is 6.08 Å². The van der Waals surface area contributed by atoms with Crippen molar-refractivity contribution >= 4 is 23.4 Å². The van der Waals surface area contributed by atoms with Crippen molar-refractivity contribution in [3.63, 3.8) is 0 Å². The third kappa shape index (κ3) is 6.51. The van der Waals surface area contributed by atoms with Crippen molar-refractivity contribution in [3.05, 3.63) is 90.4 Å². The van der Waals surface area contributed by atoms with Gasteiger partial charge in [-0.05, 0) is 60.7 Å². The quantitative estimate of drug-likeness (QED) is 0.257. The number of halogens is 1. The molecular formula is C30H33FN2O6S. The Morgan fingerprint density at radius 3 is 2.52 bits per heavy atom. The van der Waals surface area contributed by atoms with Crippen LogP contribution < -0.4 is 24.4 Å². The summed E-state index contributed by atoms with van der Waals surface area (Å²) in [6, 6.07) is 10.4. The normalized spacial score (nSPS) is 15.2. The Morgan fingerprint density at radius 1 is 1.10 bits per heavy atom. The van der Waals surface area contributed by atoms with Crippen LogP contribution in [-0.4, -0.2) is 44.6 Å². The number of benzene rings is 2. The molecule has 1 aliphatic heterocycles. The van der Waals surface area contributed by atoms with E-state index in [1.165, 1.54) is 35.1 Å². The van der Waals surface area contributed by atoms with E-state index in [-0.39, 0.29) is 30.2 Å². The molecular weight excluding hydrogens is 535 g/mol. The fourth-order valence-electron chi connectivity index (χ4n) is 4.28. The number of carbonyl (C=O) groups is 1. The Bertz CT molecular complexity index is 1570. The average Bonchev–Trinajstić information content (AvgIpc) is 3.23. The fourth-order valence-corrected chi connectivity index (χ4v) is 5.33. The number of aromatic nitrogens is 1. The Morgan fingerprint density at radius 2 is 1.85 bits per heavy atom. The van der Waals surface area contributed by atoms with Crippen molar-refractivity contribution in [2.45, 2.75) is 33.2 Å². The van der Waals surface area contributed by atoms with Gasteiger partial charge in [0.2, 0.25) is 0 Å². The lowest BCUT2D eigenvalue weighted by Gasteiger charge is -2.25. The third-order valence-electron chi connectivity index (χ3n) is 6.39. The molecule has 0 saturated carbocycles. The molecule has 0 bridgehead atoms. The molecule has 212 valence electrons. The van der Waals surface area contributed by atoms with Crippen molar-refractivity contribution in [3.8, 4) is 11.5 Å². The molecule has 8 nitrogen and oxygen atoms in total. The Kier molecular flexibility index (Phi) is 9.54. The highest BCUT2D eigenvalue weighted by Gasteiger charge is 2.34. The first-order chi connectivity index (χ1) is 19.2. The van der Waals surface area contributed by atoms with Gasteiger partial charge >= 0.3 is 5.97 Å². The number of esters is 1. The highest BCUT2D eigenvalue weighted by Crippen LogP contribution is 2.36. The molecule has 0 amide bonds. The van der Waals surface area contributed by atoms with E-state index in [0.29, 0.717) is 50.2 Å². The van der Waals surface area contributed by atoms with Crippen LogP contribution in [0, 0.1) is 11.7 Å². The van der Waals surface area contributed by atoms with E-state index in [0.717, 1.165) is 6.42 Å². The molecule has 10 heteroatoms. The van der Waals surface area contributed by atoms with Crippen LogP contribution >= 0.6 is 11.3 Å². The maximum absolute atomic E-state index is 13.8. The number of rotatable bonds is 11. The highest BCUT2D eigenvalue weighted by molar-refractivity contribution is 7.07. The summed E-state index contributed by atoms with van der Waals surface area (Å²) in [7, 11) is 3.06. The standard InChI is InChI=1S/C30H33FN2O6S/c1-18(2)12-13-38-23-11-8-21(17-24(23)37-5)27-26(29(35)39-15-14-36-4)19(3)32-30-33(27)28(34)25(40-30)16-20-6-9-22(31)10-7-20/h6-11,16-18,27H,12-15H2,1-5H3/b25-16-. The molecule has 1 atom stereocenters. The van der Waals surface area contributed by atoms with Crippen LogP contribution in [-0.2, 0) is 14.3 Å². The predicted octanol–water partition coefficient (Wildman–Crippen LogP) is 4.00. The minimum atomic E-state index is -0.819. The highest BCUT2D eigenvalue weighted by atomic mass is 32.1. The Balaban J connectivity index is 1.84. The molecule has 4 rings (SSSR count). The lowest BCUT2D eigenvalue weighted by molar-refractivity contribution is -0.140. The van der Waals surface area contributed by atoms with E-state index in [9.17, 15) is 14.0 Å². The smallest absolute Gasteiger partial charge is 0.338 e. The number of carbonyl (C=O) groups excluding carboxylic acids is 1. The number of ether oxygens (including phenoxy) is 4. The summed E-state index contributed by atoms with van der Waals surface area (Å²) in [6.07, 6.45) is 2.57. The largest absolute Gasteiger partial charge is 0.493 e. The number of methoxy groups -OCH3 is 2. The third-order valence-corrected chi connectivity index (χ3v) is 7.37. The minimum absolute atomic E-state index is 0.0553. The van der Waals surface area contributed by atoms with Gasteiger partial charge in [0.05, 0.1) is 42.2 Å². The summed E-state index contributed by atoms with van der Waals surface area (Å²) in [5.41, 5.74) is 1.66. The molecule has 3 aromatic rings. The van der Waals surface area contributed by atoms with Crippen molar-refractivity contribution in [2.24, 2.45) is 10.9 Å². The number of hydrogen-bond donors (Lipinski definition) is 0. The molecule has 2 heterocycles. The first-order valence-electron chi connectivity index (χ1n) is 13.0. The van der Waals surface area contributed by atoms with E-state index in [2.05, 4.69) is 18.8 Å². The van der Waals surface area contributed by atoms with Gasteiger partial charge in [-0.15, -0.1) is 0 Å². The van der Waals surface area contributed by atoms with Crippen molar-refractivity contribution in [2.75, 3.05) is 34.0 Å². The monoisotopic (exact) mass is 568 g/mol. The number of fused-ring (bicyclic) bond motifs is 1. The molecule has 0 aliphatic carbocycles. The van der Waals surface area contributed by atoms with Gasteiger partial charge in [-0.2, -0.15) is 0 Å². The van der Waals surface area contributed by atoms with E-state index in [1.54, 1.807) is 44.4 Å². The summed E-state index contributed by atoms with van der Waals surface area (Å²) in [6.45, 7) is 6.78. The van der Waals surface area contributed by atoms with Crippen molar-refractivity contribution in [1.82, 2.24) is 4.57 Å². The van der Waals surface area contributed by atoms with Crippen LogP contribution in [0.5, 0.6) is 11.5 Å². The maximum atomic E-state index is 13.8. The lowest BCUT2D eigenvalue weighted by atomic mass is 9.95. The van der Waals surface area contributed by atoms with Crippen LogP contribution in [0.1, 0.15) is 44.4 Å². The number of nitrogens with zero attached hydrogens (tertiary/aromatic N) is 2. The summed E-state index contributed by atoms with van der Waals surface area (Å²) < 4.78 is 37.4. The lowest BCUT2D eigenvalue weighted by Crippen LogP contribution is -2.40. The topological polar surface area (TPSA) is 88.4 Å². The number of thiazole rings is 1. The second-order valence-electron chi connectivity index (χ2n) is 9.70. The maximum Gasteiger partial charge on any atom is 0.338 e. The molecule has 40 heavy (non-hydrogen) atoms. The van der Waals surface area contributed by atoms with Crippen molar-refractivity contribution < 1.29 is 28.1 Å². The fraction of sp³-hybridized carbons (Fsp3) is 0.367. The zero-order valence-corrected chi connectivity index (χ0v) is 24.0. The summed E-state index contributed by atoms with van der Waals surface area (Å²) in [4.78, 5) is 32.2. The van der Waals surface area contributed by atoms with Crippen LogP contribution in [0.15, 0.2) is 63.5 Å². The molecule has 1 unspecified atom stereocenters. The molecule has 0 fully saturated rings. The average molecular weight is 569 g/mol. The summed E-state index contributed by atoms with van der Waals surface area (Å²) in [5, 5.41) is 0. The van der Waals surface area contributed by atoms with Gasteiger partial charge in [0, 0.05) is 7.11 Å². The van der Waals surface area contributed by atoms with Gasteiger partial charge in [0.15, 0.2) is 16.3 Å². The zero-order chi connectivity index (χ0) is 28.8.